The Morgan fingerprint density at radius 3 is 1.27 bits per heavy atom. The van der Waals surface area contributed by atoms with Crippen LogP contribution in [0.3, 0.4) is 0 Å². The standard InChI is InChI=1S/C54H105NO9/c1-3-5-7-9-11-13-15-17-19-20-21-22-23-24-25-26-27-29-31-33-35-37-39-41-43-48(58)53(62)55-46(45-63-54-52(61)51(60)50(59)49(44-56)64-54)47(57)42-40-38-36-34-32-30-28-18-16-14-12-10-8-6-4-2/h24-25,46-52,54,56-61H,3-23,26-45H2,1-2H3,(H,55,62)/b25-24-. The first kappa shape index (κ1) is 60.9. The van der Waals surface area contributed by atoms with Gasteiger partial charge in [-0.2, -0.15) is 0 Å². The fraction of sp³-hybridized carbons (Fsp3) is 0.944. The number of allylic oxidation sites excluding steroid dienone is 2. The lowest BCUT2D eigenvalue weighted by Crippen LogP contribution is -2.60. The third kappa shape index (κ3) is 33.4. The summed E-state index contributed by atoms with van der Waals surface area (Å²) in [4.78, 5) is 13.1. The van der Waals surface area contributed by atoms with E-state index in [1.54, 1.807) is 0 Å². The summed E-state index contributed by atoms with van der Waals surface area (Å²) in [6, 6.07) is -0.893. The van der Waals surface area contributed by atoms with Crippen molar-refractivity contribution >= 4 is 5.91 Å². The zero-order valence-electron chi connectivity index (χ0n) is 41.7. The highest BCUT2D eigenvalue weighted by molar-refractivity contribution is 5.80. The van der Waals surface area contributed by atoms with Gasteiger partial charge in [-0.1, -0.05) is 238 Å². The molecule has 0 saturated carbocycles. The fourth-order valence-corrected chi connectivity index (χ4v) is 8.99. The lowest BCUT2D eigenvalue weighted by molar-refractivity contribution is -0.302. The molecule has 0 aromatic carbocycles. The number of hydrogen-bond acceptors (Lipinski definition) is 9. The topological polar surface area (TPSA) is 169 Å². The van der Waals surface area contributed by atoms with Gasteiger partial charge >= 0.3 is 0 Å². The van der Waals surface area contributed by atoms with E-state index < -0.39 is 61.5 Å². The smallest absolute Gasteiger partial charge is 0.249 e. The number of unbranched alkanes of at least 4 members (excludes halogenated alkanes) is 34. The van der Waals surface area contributed by atoms with Crippen molar-refractivity contribution in [1.82, 2.24) is 5.32 Å². The van der Waals surface area contributed by atoms with Crippen molar-refractivity contribution < 1.29 is 44.9 Å². The van der Waals surface area contributed by atoms with Crippen LogP contribution in [0.25, 0.3) is 0 Å². The Labute approximate surface area is 393 Å². The van der Waals surface area contributed by atoms with E-state index in [9.17, 15) is 35.4 Å². The van der Waals surface area contributed by atoms with Crippen LogP contribution in [-0.2, 0) is 14.3 Å². The minimum absolute atomic E-state index is 0.253. The van der Waals surface area contributed by atoms with Gasteiger partial charge in [0.15, 0.2) is 6.29 Å². The molecule has 1 rings (SSSR count). The zero-order chi connectivity index (χ0) is 46.7. The van der Waals surface area contributed by atoms with E-state index in [-0.39, 0.29) is 6.61 Å². The first-order valence-electron chi connectivity index (χ1n) is 27.5. The van der Waals surface area contributed by atoms with Crippen LogP contribution in [-0.4, -0.2) is 98.7 Å². The van der Waals surface area contributed by atoms with Crippen molar-refractivity contribution in [2.24, 2.45) is 0 Å². The highest BCUT2D eigenvalue weighted by Crippen LogP contribution is 2.23. The van der Waals surface area contributed by atoms with Crippen LogP contribution in [0, 0.1) is 0 Å². The van der Waals surface area contributed by atoms with E-state index in [1.807, 2.05) is 0 Å². The van der Waals surface area contributed by atoms with Gasteiger partial charge in [0.25, 0.3) is 0 Å². The highest BCUT2D eigenvalue weighted by Gasteiger charge is 2.44. The third-order valence-electron chi connectivity index (χ3n) is 13.5. The van der Waals surface area contributed by atoms with E-state index in [4.69, 9.17) is 9.47 Å². The molecule has 1 saturated heterocycles. The van der Waals surface area contributed by atoms with E-state index >= 15 is 0 Å². The Morgan fingerprint density at radius 2 is 0.875 bits per heavy atom. The molecule has 0 bridgehead atoms. The molecule has 1 fully saturated rings. The molecule has 7 N–H and O–H groups in total. The Morgan fingerprint density at radius 1 is 0.516 bits per heavy atom. The van der Waals surface area contributed by atoms with Crippen molar-refractivity contribution in [1.29, 1.82) is 0 Å². The summed E-state index contributed by atoms with van der Waals surface area (Å²) in [5.74, 6) is -0.582. The van der Waals surface area contributed by atoms with E-state index in [0.717, 1.165) is 51.4 Å². The second kappa shape index (κ2) is 44.4. The minimum atomic E-state index is -1.60. The molecule has 380 valence electrons. The molecular weight excluding hydrogens is 807 g/mol. The van der Waals surface area contributed by atoms with Gasteiger partial charge in [-0.15, -0.1) is 0 Å². The molecule has 10 heteroatoms. The Bertz CT molecular complexity index is 1030. The van der Waals surface area contributed by atoms with Gasteiger partial charge in [0.2, 0.25) is 5.91 Å². The Kier molecular flexibility index (Phi) is 42.3. The van der Waals surface area contributed by atoms with Crippen molar-refractivity contribution in [2.45, 2.75) is 313 Å². The molecule has 0 aromatic heterocycles. The number of carbonyl (C=O) groups excluding carboxylic acids is 1. The normalized spacial score (nSPS) is 20.5. The SMILES string of the molecule is CCCCCCCCCCCCCC/C=C\CCCCCCCCCCC(O)C(=O)NC(COC1OC(CO)C(O)C(O)C1O)C(O)CCCCCCCCCCCCCCCCC. The number of amides is 1. The van der Waals surface area contributed by atoms with E-state index in [2.05, 4.69) is 31.3 Å². The van der Waals surface area contributed by atoms with Gasteiger partial charge in [0.1, 0.15) is 30.5 Å². The number of nitrogens with one attached hydrogen (secondary N) is 1. The molecule has 8 atom stereocenters. The summed E-state index contributed by atoms with van der Waals surface area (Å²) in [5, 5.41) is 65.1. The van der Waals surface area contributed by atoms with Gasteiger partial charge in [-0.05, 0) is 38.5 Å². The van der Waals surface area contributed by atoms with Crippen LogP contribution < -0.4 is 5.32 Å². The maximum atomic E-state index is 13.1. The first-order valence-corrected chi connectivity index (χ1v) is 27.5. The quantitative estimate of drug-likeness (QED) is 0.0232. The van der Waals surface area contributed by atoms with E-state index in [1.165, 1.54) is 186 Å². The van der Waals surface area contributed by atoms with Gasteiger partial charge in [-0.25, -0.2) is 0 Å². The summed E-state index contributed by atoms with van der Waals surface area (Å²) in [5.41, 5.74) is 0. The zero-order valence-corrected chi connectivity index (χ0v) is 41.7. The average Bonchev–Trinajstić information content (AvgIpc) is 3.29. The molecule has 8 unspecified atom stereocenters. The number of ether oxygens (including phenoxy) is 2. The molecular formula is C54H105NO9. The molecule has 0 spiro atoms. The van der Waals surface area contributed by atoms with Gasteiger partial charge in [0, 0.05) is 0 Å². The van der Waals surface area contributed by atoms with Gasteiger partial charge in [0.05, 0.1) is 25.4 Å². The summed E-state index contributed by atoms with van der Waals surface area (Å²) in [6.07, 6.45) is 42.7. The molecule has 0 aliphatic carbocycles. The average molecular weight is 912 g/mol. The molecule has 1 heterocycles. The molecule has 1 aliphatic heterocycles. The first-order chi connectivity index (χ1) is 31.3. The predicted octanol–water partition coefficient (Wildman–Crippen LogP) is 11.8. The maximum Gasteiger partial charge on any atom is 0.249 e. The maximum absolute atomic E-state index is 13.1. The molecule has 0 aromatic rings. The molecule has 10 nitrogen and oxygen atoms in total. The van der Waals surface area contributed by atoms with Crippen LogP contribution in [0.1, 0.15) is 264 Å². The van der Waals surface area contributed by atoms with Crippen molar-refractivity contribution in [3.8, 4) is 0 Å². The predicted molar refractivity (Wildman–Crippen MR) is 264 cm³/mol. The molecule has 1 amide bonds. The lowest BCUT2D eigenvalue weighted by atomic mass is 9.99. The monoisotopic (exact) mass is 912 g/mol. The van der Waals surface area contributed by atoms with Crippen molar-refractivity contribution in [3.63, 3.8) is 0 Å². The lowest BCUT2D eigenvalue weighted by Gasteiger charge is -2.40. The number of aliphatic hydroxyl groups excluding tert-OH is 6. The Balaban J connectivity index is 2.26. The summed E-state index contributed by atoms with van der Waals surface area (Å²) >= 11 is 0. The second-order valence-electron chi connectivity index (χ2n) is 19.5. The van der Waals surface area contributed by atoms with Gasteiger partial charge in [-0.3, -0.25) is 4.79 Å². The van der Waals surface area contributed by atoms with Crippen LogP contribution in [0.4, 0.5) is 0 Å². The molecule has 0 radical (unpaired) electrons. The highest BCUT2D eigenvalue weighted by atomic mass is 16.7. The summed E-state index contributed by atoms with van der Waals surface area (Å²) in [7, 11) is 0. The van der Waals surface area contributed by atoms with Crippen LogP contribution in [0.2, 0.25) is 0 Å². The number of rotatable bonds is 47. The molecule has 1 aliphatic rings. The van der Waals surface area contributed by atoms with Crippen molar-refractivity contribution in [2.75, 3.05) is 13.2 Å². The second-order valence-corrected chi connectivity index (χ2v) is 19.5. The summed E-state index contributed by atoms with van der Waals surface area (Å²) in [6.45, 7) is 3.70. The van der Waals surface area contributed by atoms with Crippen LogP contribution in [0.15, 0.2) is 12.2 Å². The summed E-state index contributed by atoms with van der Waals surface area (Å²) < 4.78 is 11.2. The van der Waals surface area contributed by atoms with Gasteiger partial charge < -0.3 is 45.4 Å². The number of aliphatic hydroxyl groups is 6. The van der Waals surface area contributed by atoms with Crippen LogP contribution in [0.5, 0.6) is 0 Å². The fourth-order valence-electron chi connectivity index (χ4n) is 8.99. The number of hydrogen-bond donors (Lipinski definition) is 7. The molecule has 64 heavy (non-hydrogen) atoms. The van der Waals surface area contributed by atoms with E-state index in [0.29, 0.717) is 12.8 Å². The Hall–Kier alpha value is -1.11. The minimum Gasteiger partial charge on any atom is -0.394 e. The van der Waals surface area contributed by atoms with Crippen LogP contribution >= 0.6 is 0 Å². The van der Waals surface area contributed by atoms with Crippen molar-refractivity contribution in [3.05, 3.63) is 12.2 Å². The largest absolute Gasteiger partial charge is 0.394 e. The third-order valence-corrected chi connectivity index (χ3v) is 13.5. The number of carbonyl (C=O) groups is 1.